The fraction of sp³-hybridized carbons (Fsp3) is 0.0476. The van der Waals surface area contributed by atoms with Crippen molar-refractivity contribution in [1.82, 2.24) is 29.7 Å². The second-order valence-electron chi connectivity index (χ2n) is 6.40. The van der Waals surface area contributed by atoms with Crippen LogP contribution >= 0.6 is 0 Å². The molecule has 5 aromatic rings. The Morgan fingerprint density at radius 3 is 2.69 bits per heavy atom. The molecule has 0 saturated heterocycles. The van der Waals surface area contributed by atoms with Gasteiger partial charge in [0.2, 0.25) is 5.95 Å². The fourth-order valence-electron chi connectivity index (χ4n) is 3.11. The Balaban J connectivity index is 1.43. The molecular formula is C21H17N7O. The zero-order valence-electron chi connectivity index (χ0n) is 15.6. The summed E-state index contributed by atoms with van der Waals surface area (Å²) in [6, 6.07) is 15.6. The number of nitrogens with one attached hydrogen (secondary N) is 2. The normalized spacial score (nSPS) is 10.9. The number of imidazole rings is 1. The maximum atomic E-state index is 5.32. The van der Waals surface area contributed by atoms with Crippen LogP contribution in [0.1, 0.15) is 0 Å². The van der Waals surface area contributed by atoms with E-state index < -0.39 is 0 Å². The van der Waals surface area contributed by atoms with Gasteiger partial charge in [0.15, 0.2) is 0 Å². The number of H-pyrrole nitrogens is 1. The number of benzene rings is 2. The van der Waals surface area contributed by atoms with E-state index in [2.05, 4.69) is 30.5 Å². The van der Waals surface area contributed by atoms with Crippen molar-refractivity contribution in [2.24, 2.45) is 0 Å². The van der Waals surface area contributed by atoms with Crippen LogP contribution in [0, 0.1) is 0 Å². The summed E-state index contributed by atoms with van der Waals surface area (Å²) in [5.74, 6) is 1.97. The van der Waals surface area contributed by atoms with E-state index in [1.54, 1.807) is 25.8 Å². The second-order valence-corrected chi connectivity index (χ2v) is 6.40. The highest BCUT2D eigenvalue weighted by Crippen LogP contribution is 2.24. The summed E-state index contributed by atoms with van der Waals surface area (Å²) in [6.07, 6.45) is 7.09. The molecule has 5 rings (SSSR count). The number of aromatic amines is 1. The number of nitrogens with zero attached hydrogens (tertiary/aromatic N) is 5. The molecule has 0 unspecified atom stereocenters. The topological polar surface area (TPSA) is 93.5 Å². The number of hydrogen-bond donors (Lipinski definition) is 2. The standard InChI is InChI=1S/C21H17N7O/c1-29-17-6-7-18-19(10-17)28(13-23-18)21-22-9-8-20(27-21)26-16-4-2-14(3-5-16)15-11-24-25-12-15/h2-13H,1H3,(H,24,25)(H,22,26,27). The first-order valence-corrected chi connectivity index (χ1v) is 9.01. The number of fused-ring (bicyclic) bond motifs is 1. The summed E-state index contributed by atoms with van der Waals surface area (Å²) in [6.45, 7) is 0. The minimum Gasteiger partial charge on any atom is -0.497 e. The van der Waals surface area contributed by atoms with Crippen molar-refractivity contribution in [3.63, 3.8) is 0 Å². The minimum atomic E-state index is 0.528. The van der Waals surface area contributed by atoms with Crippen molar-refractivity contribution >= 4 is 22.5 Å². The van der Waals surface area contributed by atoms with Gasteiger partial charge in [-0.3, -0.25) is 9.67 Å². The van der Waals surface area contributed by atoms with Gasteiger partial charge < -0.3 is 10.1 Å². The number of ether oxygens (including phenoxy) is 1. The maximum absolute atomic E-state index is 5.32. The van der Waals surface area contributed by atoms with Crippen LogP contribution in [0.4, 0.5) is 11.5 Å². The average molecular weight is 383 g/mol. The Labute approximate surface area is 166 Å². The number of methoxy groups -OCH3 is 1. The smallest absolute Gasteiger partial charge is 0.237 e. The lowest BCUT2D eigenvalue weighted by Crippen LogP contribution is -2.02. The molecule has 2 N–H and O–H groups in total. The molecule has 29 heavy (non-hydrogen) atoms. The monoisotopic (exact) mass is 383 g/mol. The molecule has 8 heteroatoms. The van der Waals surface area contributed by atoms with Crippen LogP contribution in [0.3, 0.4) is 0 Å². The molecule has 2 aromatic carbocycles. The van der Waals surface area contributed by atoms with Gasteiger partial charge in [-0.25, -0.2) is 9.97 Å². The number of rotatable bonds is 5. The van der Waals surface area contributed by atoms with Gasteiger partial charge in [0.25, 0.3) is 0 Å². The first-order valence-electron chi connectivity index (χ1n) is 9.01. The van der Waals surface area contributed by atoms with Crippen LogP contribution in [0.5, 0.6) is 5.75 Å². The average Bonchev–Trinajstić information content (AvgIpc) is 3.44. The summed E-state index contributed by atoms with van der Waals surface area (Å²) in [5.41, 5.74) is 4.79. The van der Waals surface area contributed by atoms with Crippen LogP contribution in [-0.2, 0) is 0 Å². The van der Waals surface area contributed by atoms with E-state index in [4.69, 9.17) is 4.74 Å². The van der Waals surface area contributed by atoms with E-state index >= 15 is 0 Å². The second kappa shape index (κ2) is 7.08. The zero-order valence-corrected chi connectivity index (χ0v) is 15.6. The molecule has 0 amide bonds. The SMILES string of the molecule is COc1ccc2ncn(-c3nccc(Nc4ccc(-c5cn[nH]c5)cc4)n3)c2c1. The van der Waals surface area contributed by atoms with Crippen molar-refractivity contribution in [3.8, 4) is 22.8 Å². The molecule has 0 aliphatic heterocycles. The van der Waals surface area contributed by atoms with Gasteiger partial charge in [-0.2, -0.15) is 10.1 Å². The van der Waals surface area contributed by atoms with Crippen LogP contribution in [0.25, 0.3) is 28.1 Å². The highest BCUT2D eigenvalue weighted by Gasteiger charge is 2.09. The molecule has 0 bridgehead atoms. The van der Waals surface area contributed by atoms with Crippen LogP contribution in [0.2, 0.25) is 0 Å². The first kappa shape index (κ1) is 16.9. The van der Waals surface area contributed by atoms with Crippen LogP contribution in [-0.4, -0.2) is 36.8 Å². The molecule has 3 heterocycles. The highest BCUT2D eigenvalue weighted by atomic mass is 16.5. The molecule has 0 aliphatic rings. The van der Waals surface area contributed by atoms with Crippen molar-refractivity contribution in [1.29, 1.82) is 0 Å². The summed E-state index contributed by atoms with van der Waals surface area (Å²) in [7, 11) is 1.64. The van der Waals surface area contributed by atoms with Gasteiger partial charge in [-0.05, 0) is 35.9 Å². The predicted molar refractivity (Wildman–Crippen MR) is 111 cm³/mol. The third-order valence-corrected chi connectivity index (χ3v) is 4.60. The maximum Gasteiger partial charge on any atom is 0.237 e. The molecule has 0 radical (unpaired) electrons. The van der Waals surface area contributed by atoms with Crippen molar-refractivity contribution in [2.75, 3.05) is 12.4 Å². The lowest BCUT2D eigenvalue weighted by atomic mass is 10.1. The Morgan fingerprint density at radius 2 is 1.90 bits per heavy atom. The van der Waals surface area contributed by atoms with E-state index in [-0.39, 0.29) is 0 Å². The van der Waals surface area contributed by atoms with E-state index in [1.165, 1.54) is 0 Å². The summed E-state index contributed by atoms with van der Waals surface area (Å²) >= 11 is 0. The quantitative estimate of drug-likeness (QED) is 0.477. The van der Waals surface area contributed by atoms with Crippen molar-refractivity contribution in [3.05, 3.63) is 73.4 Å². The highest BCUT2D eigenvalue weighted by molar-refractivity contribution is 5.78. The third-order valence-electron chi connectivity index (χ3n) is 4.60. The Kier molecular flexibility index (Phi) is 4.14. The van der Waals surface area contributed by atoms with Gasteiger partial charge in [0.05, 0.1) is 24.3 Å². The van der Waals surface area contributed by atoms with E-state index in [1.807, 2.05) is 59.3 Å². The van der Waals surface area contributed by atoms with Crippen LogP contribution in [0.15, 0.2) is 73.4 Å². The van der Waals surface area contributed by atoms with E-state index in [0.717, 1.165) is 33.6 Å². The minimum absolute atomic E-state index is 0.528. The summed E-state index contributed by atoms with van der Waals surface area (Å²) < 4.78 is 7.16. The van der Waals surface area contributed by atoms with Crippen LogP contribution < -0.4 is 10.1 Å². The number of hydrogen-bond acceptors (Lipinski definition) is 6. The summed E-state index contributed by atoms with van der Waals surface area (Å²) in [4.78, 5) is 13.4. The van der Waals surface area contributed by atoms with E-state index in [0.29, 0.717) is 11.8 Å². The molecule has 0 aliphatic carbocycles. The summed E-state index contributed by atoms with van der Waals surface area (Å²) in [5, 5.41) is 10.1. The molecule has 0 fully saturated rings. The number of aromatic nitrogens is 6. The van der Waals surface area contributed by atoms with Gasteiger partial charge in [0, 0.05) is 29.7 Å². The third kappa shape index (κ3) is 3.27. The lowest BCUT2D eigenvalue weighted by molar-refractivity contribution is 0.415. The van der Waals surface area contributed by atoms with Gasteiger partial charge in [-0.1, -0.05) is 12.1 Å². The molecule has 3 aromatic heterocycles. The van der Waals surface area contributed by atoms with Crippen molar-refractivity contribution < 1.29 is 4.74 Å². The molecule has 8 nitrogen and oxygen atoms in total. The molecular weight excluding hydrogens is 366 g/mol. The van der Waals surface area contributed by atoms with Gasteiger partial charge in [-0.15, -0.1) is 0 Å². The Morgan fingerprint density at radius 1 is 1.00 bits per heavy atom. The predicted octanol–water partition coefficient (Wildman–Crippen LogP) is 3.96. The lowest BCUT2D eigenvalue weighted by Gasteiger charge is -2.09. The van der Waals surface area contributed by atoms with Gasteiger partial charge >= 0.3 is 0 Å². The van der Waals surface area contributed by atoms with Crippen molar-refractivity contribution in [2.45, 2.75) is 0 Å². The first-order chi connectivity index (χ1) is 14.3. The Bertz CT molecular complexity index is 1260. The fourth-order valence-corrected chi connectivity index (χ4v) is 3.11. The van der Waals surface area contributed by atoms with E-state index in [9.17, 15) is 0 Å². The van der Waals surface area contributed by atoms with Gasteiger partial charge in [0.1, 0.15) is 17.9 Å². The molecule has 0 atom stereocenters. The molecule has 0 spiro atoms. The Hall–Kier alpha value is -4.20. The molecule has 0 saturated carbocycles. The molecule has 142 valence electrons. The zero-order chi connectivity index (χ0) is 19.6. The largest absolute Gasteiger partial charge is 0.497 e. The number of anilines is 2.